The number of aryl methyl sites for hydroxylation is 1. The summed E-state index contributed by atoms with van der Waals surface area (Å²) in [5, 5.41) is 1.05. The number of ether oxygens (including phenoxy) is 2. The number of oxazole rings is 1. The summed E-state index contributed by atoms with van der Waals surface area (Å²) in [4.78, 5) is 31.3. The van der Waals surface area contributed by atoms with Gasteiger partial charge in [0, 0.05) is 18.4 Å². The van der Waals surface area contributed by atoms with Crippen molar-refractivity contribution < 1.29 is 18.7 Å². The Morgan fingerprint density at radius 1 is 1.14 bits per heavy atom. The fraction of sp³-hybridized carbons (Fsp3) is 0.227. The molecular weight excluding hydrogens is 372 g/mol. The fourth-order valence-electron chi connectivity index (χ4n) is 3.03. The number of carbonyl (C=O) groups is 1. The van der Waals surface area contributed by atoms with E-state index in [1.165, 1.54) is 0 Å². The Morgan fingerprint density at radius 2 is 1.93 bits per heavy atom. The van der Waals surface area contributed by atoms with Gasteiger partial charge in [-0.15, -0.1) is 0 Å². The first kappa shape index (κ1) is 18.7. The van der Waals surface area contributed by atoms with Crippen molar-refractivity contribution in [3.05, 3.63) is 64.4 Å². The molecule has 2 aromatic carbocycles. The highest BCUT2D eigenvalue weighted by Crippen LogP contribution is 2.28. The number of nitrogens with one attached hydrogen (secondary N) is 1. The summed E-state index contributed by atoms with van der Waals surface area (Å²) in [6.45, 7) is 4.11. The second-order valence-corrected chi connectivity index (χ2v) is 6.72. The number of nitrogens with zero attached hydrogens (tertiary/aromatic N) is 1. The molecule has 29 heavy (non-hydrogen) atoms. The maximum absolute atomic E-state index is 12.3. The van der Waals surface area contributed by atoms with Gasteiger partial charge in [0.1, 0.15) is 22.7 Å². The average molecular weight is 392 g/mol. The number of hydrogen-bond acceptors (Lipinski definition) is 6. The molecule has 0 fully saturated rings. The normalized spacial score (nSPS) is 11.1. The van der Waals surface area contributed by atoms with E-state index in [4.69, 9.17) is 13.9 Å². The SMILES string of the molecule is CCCCOC(=O)c1cc2cc(Oc3ccc4nc(C)oc4c3)ccc2c(=O)[nH]1. The number of rotatable bonds is 6. The lowest BCUT2D eigenvalue weighted by Gasteiger charge is -2.08. The summed E-state index contributed by atoms with van der Waals surface area (Å²) < 4.78 is 16.6. The number of aromatic nitrogens is 2. The van der Waals surface area contributed by atoms with E-state index in [2.05, 4.69) is 9.97 Å². The number of benzene rings is 2. The van der Waals surface area contributed by atoms with Gasteiger partial charge in [-0.2, -0.15) is 0 Å². The minimum atomic E-state index is -0.546. The van der Waals surface area contributed by atoms with E-state index in [0.717, 1.165) is 18.4 Å². The first-order valence-electron chi connectivity index (χ1n) is 9.43. The lowest BCUT2D eigenvalue weighted by atomic mass is 10.1. The summed E-state index contributed by atoms with van der Waals surface area (Å²) in [7, 11) is 0. The topological polar surface area (TPSA) is 94.4 Å². The van der Waals surface area contributed by atoms with Crippen LogP contribution in [0, 0.1) is 6.92 Å². The van der Waals surface area contributed by atoms with Crippen molar-refractivity contribution in [1.29, 1.82) is 0 Å². The molecule has 0 atom stereocenters. The molecule has 2 heterocycles. The Labute approximate surface area is 166 Å². The van der Waals surface area contributed by atoms with Gasteiger partial charge in [0.15, 0.2) is 11.5 Å². The third-order valence-electron chi connectivity index (χ3n) is 4.47. The van der Waals surface area contributed by atoms with Gasteiger partial charge < -0.3 is 18.9 Å². The zero-order chi connectivity index (χ0) is 20.4. The lowest BCUT2D eigenvalue weighted by molar-refractivity contribution is 0.0492. The number of aromatic amines is 1. The number of pyridine rings is 1. The van der Waals surface area contributed by atoms with Crippen molar-refractivity contribution in [2.45, 2.75) is 26.7 Å². The molecule has 0 aliphatic carbocycles. The molecule has 0 saturated carbocycles. The van der Waals surface area contributed by atoms with Gasteiger partial charge in [-0.05, 0) is 48.2 Å². The summed E-state index contributed by atoms with van der Waals surface area (Å²) in [5.74, 6) is 1.15. The van der Waals surface area contributed by atoms with Crippen LogP contribution in [0.4, 0.5) is 0 Å². The summed E-state index contributed by atoms with van der Waals surface area (Å²) in [5.41, 5.74) is 1.16. The molecular formula is C22H20N2O5. The zero-order valence-electron chi connectivity index (χ0n) is 16.2. The largest absolute Gasteiger partial charge is 0.461 e. The van der Waals surface area contributed by atoms with Crippen LogP contribution in [0.15, 0.2) is 51.7 Å². The lowest BCUT2D eigenvalue weighted by Crippen LogP contribution is -2.15. The minimum absolute atomic E-state index is 0.120. The molecule has 0 unspecified atom stereocenters. The summed E-state index contributed by atoms with van der Waals surface area (Å²) >= 11 is 0. The van der Waals surface area contributed by atoms with Crippen molar-refractivity contribution in [1.82, 2.24) is 9.97 Å². The molecule has 0 saturated heterocycles. The van der Waals surface area contributed by atoms with Gasteiger partial charge in [0.05, 0.1) is 6.61 Å². The number of unbranched alkanes of at least 4 members (excludes halogenated alkanes) is 1. The van der Waals surface area contributed by atoms with Crippen LogP contribution >= 0.6 is 0 Å². The molecule has 4 aromatic rings. The Bertz CT molecular complexity index is 1260. The van der Waals surface area contributed by atoms with E-state index >= 15 is 0 Å². The van der Waals surface area contributed by atoms with E-state index in [1.54, 1.807) is 43.3 Å². The zero-order valence-corrected chi connectivity index (χ0v) is 16.2. The number of carbonyl (C=O) groups excluding carboxylic acids is 1. The second-order valence-electron chi connectivity index (χ2n) is 6.72. The first-order chi connectivity index (χ1) is 14.0. The Kier molecular flexibility index (Phi) is 5.03. The third kappa shape index (κ3) is 3.99. The van der Waals surface area contributed by atoms with Crippen molar-refractivity contribution in [2.75, 3.05) is 6.61 Å². The van der Waals surface area contributed by atoms with Crippen LogP contribution in [0.1, 0.15) is 36.1 Å². The fourth-order valence-corrected chi connectivity index (χ4v) is 3.03. The van der Waals surface area contributed by atoms with E-state index in [9.17, 15) is 9.59 Å². The summed E-state index contributed by atoms with van der Waals surface area (Å²) in [6, 6.07) is 12.0. The molecule has 7 nitrogen and oxygen atoms in total. The van der Waals surface area contributed by atoms with Crippen LogP contribution < -0.4 is 10.3 Å². The predicted octanol–water partition coefficient (Wildman–Crippen LogP) is 4.73. The van der Waals surface area contributed by atoms with E-state index < -0.39 is 5.97 Å². The number of H-pyrrole nitrogens is 1. The van der Waals surface area contributed by atoms with E-state index in [1.807, 2.05) is 13.0 Å². The van der Waals surface area contributed by atoms with Gasteiger partial charge in [-0.3, -0.25) is 4.79 Å². The van der Waals surface area contributed by atoms with Gasteiger partial charge in [-0.1, -0.05) is 13.3 Å². The van der Waals surface area contributed by atoms with Gasteiger partial charge >= 0.3 is 5.97 Å². The van der Waals surface area contributed by atoms with Crippen molar-refractivity contribution >= 4 is 27.8 Å². The molecule has 0 radical (unpaired) electrons. The molecule has 148 valence electrons. The standard InChI is InChI=1S/C22H20N2O5/c1-3-4-9-27-22(26)19-11-14-10-15(5-7-17(14)21(25)24-19)29-16-6-8-18-20(12-16)28-13(2)23-18/h5-8,10-12H,3-4,9H2,1-2H3,(H,24,25). The maximum Gasteiger partial charge on any atom is 0.354 e. The Balaban J connectivity index is 1.63. The van der Waals surface area contributed by atoms with E-state index in [0.29, 0.717) is 40.4 Å². The van der Waals surface area contributed by atoms with Crippen LogP contribution in [0.5, 0.6) is 11.5 Å². The van der Waals surface area contributed by atoms with E-state index in [-0.39, 0.29) is 11.3 Å². The van der Waals surface area contributed by atoms with Gasteiger partial charge in [0.25, 0.3) is 5.56 Å². The molecule has 0 bridgehead atoms. The number of fused-ring (bicyclic) bond motifs is 2. The van der Waals surface area contributed by atoms with Crippen LogP contribution in [0.3, 0.4) is 0 Å². The highest BCUT2D eigenvalue weighted by molar-refractivity contribution is 5.93. The Morgan fingerprint density at radius 3 is 2.76 bits per heavy atom. The predicted molar refractivity (Wildman–Crippen MR) is 109 cm³/mol. The Hall–Kier alpha value is -3.61. The maximum atomic E-state index is 12.3. The molecule has 0 aliphatic heterocycles. The van der Waals surface area contributed by atoms with Crippen LogP contribution in [0.25, 0.3) is 21.9 Å². The average Bonchev–Trinajstić information content (AvgIpc) is 3.07. The molecule has 0 spiro atoms. The van der Waals surface area contributed by atoms with Gasteiger partial charge in [-0.25, -0.2) is 9.78 Å². The smallest absolute Gasteiger partial charge is 0.354 e. The third-order valence-corrected chi connectivity index (χ3v) is 4.47. The van der Waals surface area contributed by atoms with Crippen molar-refractivity contribution in [3.63, 3.8) is 0 Å². The minimum Gasteiger partial charge on any atom is -0.461 e. The monoisotopic (exact) mass is 392 g/mol. The molecule has 4 rings (SSSR count). The molecule has 2 aromatic heterocycles. The van der Waals surface area contributed by atoms with Crippen LogP contribution in [-0.2, 0) is 4.74 Å². The summed E-state index contributed by atoms with van der Waals surface area (Å²) in [6.07, 6.45) is 1.69. The molecule has 0 amide bonds. The molecule has 7 heteroatoms. The first-order valence-corrected chi connectivity index (χ1v) is 9.43. The van der Waals surface area contributed by atoms with Crippen molar-refractivity contribution in [3.8, 4) is 11.5 Å². The van der Waals surface area contributed by atoms with Gasteiger partial charge in [0.2, 0.25) is 0 Å². The quantitative estimate of drug-likeness (QED) is 0.377. The molecule has 0 aliphatic rings. The second kappa shape index (κ2) is 7.79. The highest BCUT2D eigenvalue weighted by atomic mass is 16.5. The highest BCUT2D eigenvalue weighted by Gasteiger charge is 2.12. The molecule has 1 N–H and O–H groups in total. The van der Waals surface area contributed by atoms with Crippen molar-refractivity contribution in [2.24, 2.45) is 0 Å². The van der Waals surface area contributed by atoms with Crippen LogP contribution in [-0.4, -0.2) is 22.5 Å². The number of hydrogen-bond donors (Lipinski definition) is 1. The van der Waals surface area contributed by atoms with Crippen LogP contribution in [0.2, 0.25) is 0 Å². The number of esters is 1.